The molecule has 6 nitrogen and oxygen atoms in total. The lowest BCUT2D eigenvalue weighted by Gasteiger charge is -2.30. The zero-order valence-electron chi connectivity index (χ0n) is 18.3. The second-order valence-electron chi connectivity index (χ2n) is 8.07. The van der Waals surface area contributed by atoms with Crippen LogP contribution < -0.4 is 4.74 Å². The molecule has 1 aliphatic heterocycles. The molecule has 0 fully saturated rings. The summed E-state index contributed by atoms with van der Waals surface area (Å²) in [6, 6.07) is 15.7. The molecule has 0 aromatic heterocycles. The Balaban J connectivity index is 1.74. The maximum Gasteiger partial charge on any atom is 0.335 e. The molecule has 1 heterocycles. The molecule has 0 spiro atoms. The van der Waals surface area contributed by atoms with Crippen molar-refractivity contribution in [3.63, 3.8) is 0 Å². The number of ether oxygens (including phenoxy) is 1. The van der Waals surface area contributed by atoms with Gasteiger partial charge in [0.25, 0.3) is 5.91 Å². The summed E-state index contributed by atoms with van der Waals surface area (Å²) in [5, 5.41) is 9.95. The van der Waals surface area contributed by atoms with Crippen molar-refractivity contribution in [3.05, 3.63) is 98.5 Å². The molecule has 3 aromatic carbocycles. The van der Waals surface area contributed by atoms with Crippen molar-refractivity contribution in [2.45, 2.75) is 25.4 Å². The average molecular weight is 498 g/mol. The summed E-state index contributed by atoms with van der Waals surface area (Å²) >= 11 is 12.2. The highest BCUT2D eigenvalue weighted by Gasteiger charge is 2.35. The minimum absolute atomic E-state index is 0.0821. The second kappa shape index (κ2) is 9.87. The summed E-state index contributed by atoms with van der Waals surface area (Å²) in [5.41, 5.74) is 2.68. The van der Waals surface area contributed by atoms with Crippen molar-refractivity contribution >= 4 is 40.9 Å². The van der Waals surface area contributed by atoms with Crippen molar-refractivity contribution < 1.29 is 24.2 Å². The van der Waals surface area contributed by atoms with E-state index >= 15 is 0 Å². The summed E-state index contributed by atoms with van der Waals surface area (Å²) in [6.07, 6.45) is 0.346. The van der Waals surface area contributed by atoms with Gasteiger partial charge in [-0.15, -0.1) is 0 Å². The van der Waals surface area contributed by atoms with Crippen LogP contribution in [0.1, 0.15) is 37.4 Å². The Labute approximate surface area is 206 Å². The fraction of sp³-hybridized carbons (Fsp3) is 0.192. The minimum atomic E-state index is -1.03. The summed E-state index contributed by atoms with van der Waals surface area (Å²) in [5.74, 6) is -0.865. The largest absolute Gasteiger partial charge is 0.497 e. The molecule has 1 N–H and O–H groups in total. The van der Waals surface area contributed by atoms with Crippen LogP contribution in [0.4, 0.5) is 0 Å². The van der Waals surface area contributed by atoms with Gasteiger partial charge in [-0.2, -0.15) is 0 Å². The SMILES string of the molecule is COc1ccc2c(c1)CC(=O)[C@@H](Cc1ccc(Cl)c(Cl)c1)N(Cc1ccc(C(=O)O)cc1)C2=O. The van der Waals surface area contributed by atoms with Gasteiger partial charge in [-0.3, -0.25) is 9.59 Å². The molecule has 0 unspecified atom stereocenters. The van der Waals surface area contributed by atoms with Crippen LogP contribution in [0.2, 0.25) is 10.0 Å². The van der Waals surface area contributed by atoms with Crippen molar-refractivity contribution in [1.29, 1.82) is 0 Å². The number of hydrogen-bond acceptors (Lipinski definition) is 4. The van der Waals surface area contributed by atoms with Gasteiger partial charge in [0.1, 0.15) is 5.75 Å². The Morgan fingerprint density at radius 1 is 1.00 bits per heavy atom. The first kappa shape index (κ1) is 23.8. The van der Waals surface area contributed by atoms with Crippen LogP contribution in [-0.4, -0.2) is 40.8 Å². The number of ketones is 1. The van der Waals surface area contributed by atoms with Crippen LogP contribution >= 0.6 is 23.2 Å². The van der Waals surface area contributed by atoms with Crippen LogP contribution in [0.3, 0.4) is 0 Å². The number of carbonyl (C=O) groups excluding carboxylic acids is 2. The van der Waals surface area contributed by atoms with Gasteiger partial charge >= 0.3 is 5.97 Å². The predicted octanol–water partition coefficient (Wildman–Crippen LogP) is 5.08. The predicted molar refractivity (Wildman–Crippen MR) is 129 cm³/mol. The van der Waals surface area contributed by atoms with E-state index < -0.39 is 12.0 Å². The third kappa shape index (κ3) is 4.93. The molecule has 1 amide bonds. The highest BCUT2D eigenvalue weighted by Crippen LogP contribution is 2.29. The smallest absolute Gasteiger partial charge is 0.335 e. The second-order valence-corrected chi connectivity index (χ2v) is 8.88. The highest BCUT2D eigenvalue weighted by atomic mass is 35.5. The van der Waals surface area contributed by atoms with E-state index in [0.717, 1.165) is 5.56 Å². The number of aromatic carboxylic acids is 1. The van der Waals surface area contributed by atoms with Gasteiger partial charge in [0.15, 0.2) is 5.78 Å². The molecule has 8 heteroatoms. The van der Waals surface area contributed by atoms with Crippen molar-refractivity contribution in [1.82, 2.24) is 4.90 Å². The molecule has 1 atom stereocenters. The normalized spacial score (nSPS) is 15.6. The molecule has 34 heavy (non-hydrogen) atoms. The molecule has 3 aromatic rings. The van der Waals surface area contributed by atoms with Crippen LogP contribution in [-0.2, 0) is 24.2 Å². The number of halogens is 2. The van der Waals surface area contributed by atoms with E-state index in [1.165, 1.54) is 19.2 Å². The molecular formula is C26H21Cl2NO5. The van der Waals surface area contributed by atoms with Crippen LogP contribution in [0.15, 0.2) is 60.7 Å². The van der Waals surface area contributed by atoms with E-state index in [-0.39, 0.29) is 36.6 Å². The van der Waals surface area contributed by atoms with E-state index in [0.29, 0.717) is 32.5 Å². The summed E-state index contributed by atoms with van der Waals surface area (Å²) in [4.78, 5) is 39.9. The molecule has 0 saturated heterocycles. The zero-order valence-corrected chi connectivity index (χ0v) is 19.8. The number of carbonyl (C=O) groups is 3. The van der Waals surface area contributed by atoms with E-state index in [1.54, 1.807) is 53.4 Å². The molecule has 0 bridgehead atoms. The summed E-state index contributed by atoms with van der Waals surface area (Å²) < 4.78 is 5.28. The van der Waals surface area contributed by atoms with Gasteiger partial charge < -0.3 is 14.7 Å². The zero-order chi connectivity index (χ0) is 24.4. The summed E-state index contributed by atoms with van der Waals surface area (Å²) in [6.45, 7) is 0.141. The quantitative estimate of drug-likeness (QED) is 0.513. The number of methoxy groups -OCH3 is 1. The first-order chi connectivity index (χ1) is 16.3. The number of carboxylic acid groups (broad SMARTS) is 1. The standard InChI is InChI=1S/C26H21Cl2NO5/c1-34-19-7-8-20-18(12-19)13-24(30)23(11-16-4-9-21(27)22(28)10-16)29(25(20)31)14-15-2-5-17(6-3-15)26(32)33/h2-10,12,23H,11,13-14H2,1H3,(H,32,33)/t23-/m1/s1. The van der Waals surface area contributed by atoms with Gasteiger partial charge in [-0.25, -0.2) is 4.79 Å². The number of amides is 1. The fourth-order valence-electron chi connectivity index (χ4n) is 4.07. The number of benzene rings is 3. The number of nitrogens with zero attached hydrogens (tertiary/aromatic N) is 1. The van der Waals surface area contributed by atoms with Crippen molar-refractivity contribution in [2.24, 2.45) is 0 Å². The molecule has 0 radical (unpaired) electrons. The monoisotopic (exact) mass is 497 g/mol. The third-order valence-electron chi connectivity index (χ3n) is 5.88. The number of fused-ring (bicyclic) bond motifs is 1. The molecule has 174 valence electrons. The van der Waals surface area contributed by atoms with E-state index in [2.05, 4.69) is 0 Å². The third-order valence-corrected chi connectivity index (χ3v) is 6.62. The molecule has 0 saturated carbocycles. The van der Waals surface area contributed by atoms with Gasteiger partial charge in [0, 0.05) is 24.9 Å². The lowest BCUT2D eigenvalue weighted by molar-refractivity contribution is -0.122. The van der Waals surface area contributed by atoms with E-state index in [4.69, 9.17) is 27.9 Å². The Hall–Kier alpha value is -3.35. The first-order valence-corrected chi connectivity index (χ1v) is 11.3. The van der Waals surface area contributed by atoms with Crippen molar-refractivity contribution in [2.75, 3.05) is 7.11 Å². The van der Waals surface area contributed by atoms with Gasteiger partial charge in [0.05, 0.1) is 28.8 Å². The van der Waals surface area contributed by atoms with Gasteiger partial charge in [-0.1, -0.05) is 41.4 Å². The highest BCUT2D eigenvalue weighted by molar-refractivity contribution is 6.42. The number of hydrogen-bond donors (Lipinski definition) is 1. The lowest BCUT2D eigenvalue weighted by Crippen LogP contribution is -2.44. The molecular weight excluding hydrogens is 477 g/mol. The fourth-order valence-corrected chi connectivity index (χ4v) is 4.39. The Morgan fingerprint density at radius 2 is 1.71 bits per heavy atom. The Bertz CT molecular complexity index is 1270. The number of Topliss-reactive ketones (excluding diaryl/α,β-unsaturated/α-hetero) is 1. The molecule has 4 rings (SSSR count). The van der Waals surface area contributed by atoms with Gasteiger partial charge in [0.2, 0.25) is 0 Å². The minimum Gasteiger partial charge on any atom is -0.497 e. The van der Waals surface area contributed by atoms with Crippen LogP contribution in [0, 0.1) is 0 Å². The average Bonchev–Trinajstić information content (AvgIpc) is 2.91. The van der Waals surface area contributed by atoms with Crippen LogP contribution in [0.5, 0.6) is 5.75 Å². The topological polar surface area (TPSA) is 83.9 Å². The molecule has 1 aliphatic rings. The van der Waals surface area contributed by atoms with Crippen molar-refractivity contribution in [3.8, 4) is 5.75 Å². The van der Waals surface area contributed by atoms with E-state index in [9.17, 15) is 19.5 Å². The number of carboxylic acids is 1. The Morgan fingerprint density at radius 3 is 2.35 bits per heavy atom. The van der Waals surface area contributed by atoms with Crippen LogP contribution in [0.25, 0.3) is 0 Å². The lowest BCUT2D eigenvalue weighted by atomic mass is 9.97. The van der Waals surface area contributed by atoms with Gasteiger partial charge in [-0.05, 0) is 59.2 Å². The maximum absolute atomic E-state index is 13.7. The first-order valence-electron chi connectivity index (χ1n) is 10.5. The summed E-state index contributed by atoms with van der Waals surface area (Å²) in [7, 11) is 1.53. The molecule has 0 aliphatic carbocycles. The van der Waals surface area contributed by atoms with E-state index in [1.807, 2.05) is 0 Å². The Kier molecular flexibility index (Phi) is 6.91. The number of rotatable bonds is 6. The maximum atomic E-state index is 13.7.